The molecule has 3 heterocycles. The number of rotatable bonds is 5. The number of aromatic amines is 1. The lowest BCUT2D eigenvalue weighted by Crippen LogP contribution is -2.45. The highest BCUT2D eigenvalue weighted by atomic mass is 16.6. The predicted molar refractivity (Wildman–Crippen MR) is 207 cm³/mol. The summed E-state index contributed by atoms with van der Waals surface area (Å²) in [7, 11) is 0. The van der Waals surface area contributed by atoms with Crippen molar-refractivity contribution in [1.29, 1.82) is 0 Å². The summed E-state index contributed by atoms with van der Waals surface area (Å²) in [4.78, 5) is 50.6. The number of hydrogen-bond acceptors (Lipinski definition) is 6. The summed E-state index contributed by atoms with van der Waals surface area (Å²) in [6.45, 7) is 16.7. The fourth-order valence-corrected chi connectivity index (χ4v) is 7.88. The summed E-state index contributed by atoms with van der Waals surface area (Å²) in [5.41, 5.74) is 8.12. The van der Waals surface area contributed by atoms with E-state index in [2.05, 4.69) is 83.7 Å². The van der Waals surface area contributed by atoms with Crippen molar-refractivity contribution < 1.29 is 23.9 Å². The monoisotopic (exact) mass is 717 g/mol. The molecular formula is C43H51N5O5. The molecule has 0 bridgehead atoms. The van der Waals surface area contributed by atoms with Gasteiger partial charge in [-0.2, -0.15) is 0 Å². The maximum absolute atomic E-state index is 13.4. The van der Waals surface area contributed by atoms with Gasteiger partial charge < -0.3 is 19.8 Å². The Kier molecular flexibility index (Phi) is 9.15. The van der Waals surface area contributed by atoms with Crippen LogP contribution < -0.4 is 5.32 Å². The van der Waals surface area contributed by atoms with Crippen LogP contribution in [0.25, 0.3) is 33.5 Å². The summed E-state index contributed by atoms with van der Waals surface area (Å²) in [6.07, 6.45) is 4.20. The van der Waals surface area contributed by atoms with Gasteiger partial charge in [-0.15, -0.1) is 0 Å². The molecule has 278 valence electrons. The van der Waals surface area contributed by atoms with Gasteiger partial charge in [0.1, 0.15) is 23.1 Å². The van der Waals surface area contributed by atoms with Crippen molar-refractivity contribution in [2.75, 3.05) is 18.4 Å². The molecule has 1 aromatic heterocycles. The summed E-state index contributed by atoms with van der Waals surface area (Å²) >= 11 is 0. The molecule has 2 atom stereocenters. The van der Waals surface area contributed by atoms with Gasteiger partial charge in [-0.05, 0) is 124 Å². The molecule has 3 aromatic carbocycles. The number of nitrogens with one attached hydrogen (secondary N) is 2. The van der Waals surface area contributed by atoms with Crippen LogP contribution in [-0.2, 0) is 19.7 Å². The quantitative estimate of drug-likeness (QED) is 0.213. The van der Waals surface area contributed by atoms with E-state index in [-0.39, 0.29) is 23.5 Å². The van der Waals surface area contributed by atoms with E-state index >= 15 is 0 Å². The Morgan fingerprint density at radius 1 is 0.755 bits per heavy atom. The first-order valence-electron chi connectivity index (χ1n) is 18.7. The molecule has 2 N–H and O–H groups in total. The van der Waals surface area contributed by atoms with Gasteiger partial charge in [0.15, 0.2) is 0 Å². The van der Waals surface area contributed by atoms with Crippen molar-refractivity contribution in [2.24, 2.45) is 0 Å². The number of amides is 3. The molecule has 0 radical (unpaired) electrons. The number of hydrogen-bond donors (Lipinski definition) is 2. The van der Waals surface area contributed by atoms with E-state index in [4.69, 9.17) is 9.47 Å². The highest BCUT2D eigenvalue weighted by Crippen LogP contribution is 2.50. The molecule has 2 saturated heterocycles. The van der Waals surface area contributed by atoms with Gasteiger partial charge in [-0.3, -0.25) is 14.6 Å². The zero-order valence-electron chi connectivity index (χ0n) is 32.1. The first kappa shape index (κ1) is 36.2. The number of imidazole rings is 1. The number of anilines is 1. The third kappa shape index (κ3) is 7.28. The Morgan fingerprint density at radius 2 is 1.32 bits per heavy atom. The third-order valence-corrected chi connectivity index (χ3v) is 10.4. The molecule has 1 aliphatic carbocycles. The van der Waals surface area contributed by atoms with Crippen LogP contribution in [0.4, 0.5) is 15.3 Å². The minimum Gasteiger partial charge on any atom is -0.444 e. The summed E-state index contributed by atoms with van der Waals surface area (Å²) in [6, 6.07) is 20.5. The second-order valence-electron chi connectivity index (χ2n) is 17.1. The minimum atomic E-state index is -0.625. The van der Waals surface area contributed by atoms with Crippen molar-refractivity contribution >= 4 is 23.8 Å². The van der Waals surface area contributed by atoms with Crippen LogP contribution in [0.3, 0.4) is 0 Å². The first-order valence-corrected chi connectivity index (χ1v) is 18.7. The molecule has 3 aliphatic rings. The molecule has 10 nitrogen and oxygen atoms in total. The molecule has 2 fully saturated rings. The Labute approximate surface area is 312 Å². The lowest BCUT2D eigenvalue weighted by molar-refractivity contribution is -0.120. The first-order chi connectivity index (χ1) is 25.0. The fourth-order valence-electron chi connectivity index (χ4n) is 7.88. The van der Waals surface area contributed by atoms with Crippen LogP contribution in [0.2, 0.25) is 0 Å². The predicted octanol–water partition coefficient (Wildman–Crippen LogP) is 9.46. The van der Waals surface area contributed by atoms with E-state index in [1.165, 1.54) is 11.1 Å². The van der Waals surface area contributed by atoms with Crippen molar-refractivity contribution in [3.63, 3.8) is 0 Å². The topological polar surface area (TPSA) is 117 Å². The number of likely N-dealkylation sites (tertiary alicyclic amines) is 2. The van der Waals surface area contributed by atoms with Crippen LogP contribution in [0, 0.1) is 0 Å². The number of fused-ring (bicyclic) bond motifs is 3. The Morgan fingerprint density at radius 3 is 2.00 bits per heavy atom. The molecule has 0 saturated carbocycles. The van der Waals surface area contributed by atoms with Gasteiger partial charge in [0, 0.05) is 24.2 Å². The molecule has 53 heavy (non-hydrogen) atoms. The average molecular weight is 718 g/mol. The van der Waals surface area contributed by atoms with E-state index in [0.717, 1.165) is 58.6 Å². The molecule has 0 unspecified atom stereocenters. The van der Waals surface area contributed by atoms with Crippen molar-refractivity contribution in [1.82, 2.24) is 19.8 Å². The summed E-state index contributed by atoms with van der Waals surface area (Å²) < 4.78 is 11.2. The molecular weight excluding hydrogens is 667 g/mol. The number of carbonyl (C=O) groups excluding carboxylic acids is 3. The molecule has 10 heteroatoms. The van der Waals surface area contributed by atoms with Crippen molar-refractivity contribution in [2.45, 2.75) is 110 Å². The zero-order valence-corrected chi connectivity index (χ0v) is 32.1. The summed E-state index contributed by atoms with van der Waals surface area (Å²) in [5.74, 6) is 0.580. The van der Waals surface area contributed by atoms with Gasteiger partial charge in [0.25, 0.3) is 0 Å². The Bertz CT molecular complexity index is 2050. The molecule has 7 rings (SSSR count). The maximum Gasteiger partial charge on any atom is 0.410 e. The lowest BCUT2D eigenvalue weighted by Gasteiger charge is -2.28. The van der Waals surface area contributed by atoms with Gasteiger partial charge in [-0.1, -0.05) is 56.3 Å². The SMILES string of the molecule is CC(C)(C)OC(=O)N1CCC[C@H]1C(=O)Nc1ccc2c(c1)C(C)(C)c1cc(-c3ccc(-c4cnc([C@@H]5CCCN5C(=O)OC(C)(C)C)[nH]4)cc3)ccc1-2. The van der Waals surface area contributed by atoms with E-state index < -0.39 is 23.3 Å². The van der Waals surface area contributed by atoms with Gasteiger partial charge in [0.2, 0.25) is 5.91 Å². The number of nitrogens with zero attached hydrogens (tertiary/aromatic N) is 3. The number of aromatic nitrogens is 2. The number of carbonyl (C=O) groups is 3. The number of ether oxygens (including phenoxy) is 2. The highest BCUT2D eigenvalue weighted by molar-refractivity contribution is 5.98. The van der Waals surface area contributed by atoms with Crippen LogP contribution in [-0.4, -0.2) is 68.2 Å². The van der Waals surface area contributed by atoms with Crippen LogP contribution >= 0.6 is 0 Å². The fraction of sp³-hybridized carbons (Fsp3) is 0.442. The van der Waals surface area contributed by atoms with Crippen LogP contribution in [0.15, 0.2) is 66.9 Å². The minimum absolute atomic E-state index is 0.133. The Balaban J connectivity index is 1.05. The molecule has 2 aliphatic heterocycles. The van der Waals surface area contributed by atoms with Crippen molar-refractivity contribution in [3.8, 4) is 33.5 Å². The molecule has 3 amide bonds. The standard InChI is InChI=1S/C43H51N5O5/c1-41(2,3)52-39(50)47-21-9-11-35(47)37-44-25-34(46-37)27-15-13-26(14-16-27)28-17-19-30-31-20-18-29(24-33(31)43(7,8)32(30)23-28)45-38(49)36-12-10-22-48(36)40(51)53-42(4,5)6/h13-20,23-25,35-36H,9-12,21-22H2,1-8H3,(H,44,46)(H,45,49)/t35-,36-/m0/s1. The van der Waals surface area contributed by atoms with Crippen LogP contribution in [0.1, 0.15) is 104 Å². The normalized spacial score (nSPS) is 19.2. The smallest absolute Gasteiger partial charge is 0.410 e. The van der Waals surface area contributed by atoms with E-state index in [0.29, 0.717) is 25.2 Å². The second-order valence-corrected chi connectivity index (χ2v) is 17.1. The van der Waals surface area contributed by atoms with E-state index in [1.54, 1.807) is 9.80 Å². The molecule has 4 aromatic rings. The van der Waals surface area contributed by atoms with Gasteiger partial charge in [0.05, 0.1) is 17.9 Å². The van der Waals surface area contributed by atoms with Gasteiger partial charge in [-0.25, -0.2) is 14.6 Å². The largest absolute Gasteiger partial charge is 0.444 e. The lowest BCUT2D eigenvalue weighted by atomic mass is 9.81. The van der Waals surface area contributed by atoms with E-state index in [1.807, 2.05) is 53.8 Å². The van der Waals surface area contributed by atoms with Gasteiger partial charge >= 0.3 is 12.2 Å². The zero-order chi connectivity index (χ0) is 37.9. The average Bonchev–Trinajstić information content (AvgIpc) is 3.90. The second kappa shape index (κ2) is 13.4. The number of benzene rings is 3. The third-order valence-electron chi connectivity index (χ3n) is 10.4. The van der Waals surface area contributed by atoms with Crippen molar-refractivity contribution in [3.05, 3.63) is 83.8 Å². The number of H-pyrrole nitrogens is 1. The van der Waals surface area contributed by atoms with Crippen LogP contribution in [0.5, 0.6) is 0 Å². The maximum atomic E-state index is 13.4. The summed E-state index contributed by atoms with van der Waals surface area (Å²) in [5, 5.41) is 3.10. The highest BCUT2D eigenvalue weighted by Gasteiger charge is 2.39. The molecule has 0 spiro atoms. The Hall–Kier alpha value is -5.12. The van der Waals surface area contributed by atoms with E-state index in [9.17, 15) is 14.4 Å².